The Balaban J connectivity index is 2.19. The lowest BCUT2D eigenvalue weighted by atomic mass is 10.1. The summed E-state index contributed by atoms with van der Waals surface area (Å²) in [5, 5.41) is 0. The van der Waals surface area contributed by atoms with Crippen LogP contribution in [0.25, 0.3) is 0 Å². The van der Waals surface area contributed by atoms with Gasteiger partial charge in [-0.15, -0.1) is 0 Å². The minimum Gasteiger partial charge on any atom is -0.454 e. The van der Waals surface area contributed by atoms with Gasteiger partial charge in [0.05, 0.1) is 0 Å². The maximum Gasteiger partial charge on any atom is 0.387 e. The molecule has 0 bridgehead atoms. The summed E-state index contributed by atoms with van der Waals surface area (Å²) < 4.78 is 39.9. The van der Waals surface area contributed by atoms with Crippen LogP contribution in [0.4, 0.5) is 8.78 Å². The molecule has 1 aromatic carbocycles. The Morgan fingerprint density at radius 1 is 1.41 bits per heavy atom. The fourth-order valence-electron chi connectivity index (χ4n) is 2.07. The Hall–Kier alpha value is -2.09. The smallest absolute Gasteiger partial charge is 0.387 e. The normalized spacial score (nSPS) is 14.1. The zero-order valence-corrected chi connectivity index (χ0v) is 12.3. The summed E-state index contributed by atoms with van der Waals surface area (Å²) in [4.78, 5) is 13.3. The number of nitrogens with two attached hydrogens (primary N) is 1. The van der Waals surface area contributed by atoms with Crippen molar-refractivity contribution in [1.29, 1.82) is 0 Å². The first-order valence-electron chi connectivity index (χ1n) is 6.73. The van der Waals surface area contributed by atoms with Crippen LogP contribution in [-0.2, 0) is 11.3 Å². The SMILES string of the molecule is CC(N)CC(=O)N(C)Cc1cc2c(cc1OC(F)F)OCO2. The van der Waals surface area contributed by atoms with Gasteiger partial charge in [-0.25, -0.2) is 0 Å². The molecule has 1 atom stereocenters. The highest BCUT2D eigenvalue weighted by Gasteiger charge is 2.22. The van der Waals surface area contributed by atoms with E-state index in [2.05, 4.69) is 4.74 Å². The number of nitrogens with zero attached hydrogens (tertiary/aromatic N) is 1. The van der Waals surface area contributed by atoms with Gasteiger partial charge < -0.3 is 24.8 Å². The lowest BCUT2D eigenvalue weighted by molar-refractivity contribution is -0.130. The fraction of sp³-hybridized carbons (Fsp3) is 0.500. The molecule has 0 aromatic heterocycles. The lowest BCUT2D eigenvalue weighted by Gasteiger charge is -2.20. The molecule has 122 valence electrons. The Bertz CT molecular complexity index is 552. The van der Waals surface area contributed by atoms with E-state index >= 15 is 0 Å². The molecule has 22 heavy (non-hydrogen) atoms. The number of fused-ring (bicyclic) bond motifs is 1. The summed E-state index contributed by atoms with van der Waals surface area (Å²) in [5.74, 6) is 0.545. The van der Waals surface area contributed by atoms with Crippen molar-refractivity contribution in [2.24, 2.45) is 5.73 Å². The maximum atomic E-state index is 12.5. The van der Waals surface area contributed by atoms with Crippen molar-refractivity contribution in [2.45, 2.75) is 32.5 Å². The van der Waals surface area contributed by atoms with E-state index in [9.17, 15) is 13.6 Å². The molecule has 0 saturated carbocycles. The molecule has 0 spiro atoms. The van der Waals surface area contributed by atoms with E-state index in [1.807, 2.05) is 0 Å². The van der Waals surface area contributed by atoms with Gasteiger partial charge in [0.25, 0.3) is 0 Å². The topological polar surface area (TPSA) is 74.0 Å². The van der Waals surface area contributed by atoms with Gasteiger partial charge in [-0.3, -0.25) is 4.79 Å². The number of carbonyl (C=O) groups is 1. The summed E-state index contributed by atoms with van der Waals surface area (Å²) >= 11 is 0. The van der Waals surface area contributed by atoms with E-state index in [1.165, 1.54) is 17.0 Å². The van der Waals surface area contributed by atoms with E-state index in [1.54, 1.807) is 14.0 Å². The minimum atomic E-state index is -2.97. The van der Waals surface area contributed by atoms with E-state index in [0.717, 1.165) is 0 Å². The van der Waals surface area contributed by atoms with Gasteiger partial charge in [0.1, 0.15) is 5.75 Å². The number of rotatable bonds is 6. The van der Waals surface area contributed by atoms with Gasteiger partial charge in [0, 0.05) is 37.7 Å². The van der Waals surface area contributed by atoms with Crippen LogP contribution in [0.2, 0.25) is 0 Å². The molecule has 0 radical (unpaired) electrons. The van der Waals surface area contributed by atoms with Crippen molar-refractivity contribution in [1.82, 2.24) is 4.90 Å². The number of carbonyl (C=O) groups excluding carboxylic acids is 1. The summed E-state index contributed by atoms with van der Waals surface area (Å²) in [6, 6.07) is 2.60. The molecule has 0 fully saturated rings. The standard InChI is InChI=1S/C14H18F2N2O4/c1-8(17)3-13(19)18(2)6-9-4-11-12(21-7-20-11)5-10(9)22-14(15)16/h4-5,8,14H,3,6-7,17H2,1-2H3. The van der Waals surface area contributed by atoms with Crippen LogP contribution < -0.4 is 19.9 Å². The van der Waals surface area contributed by atoms with Crippen molar-refractivity contribution in [3.8, 4) is 17.2 Å². The van der Waals surface area contributed by atoms with Crippen molar-refractivity contribution >= 4 is 5.91 Å². The average Bonchev–Trinajstić information content (AvgIpc) is 2.84. The molecule has 0 saturated heterocycles. The first-order chi connectivity index (χ1) is 10.4. The molecule has 1 aliphatic heterocycles. The van der Waals surface area contributed by atoms with Crippen LogP contribution in [-0.4, -0.2) is 37.3 Å². The minimum absolute atomic E-state index is 0.0202. The Morgan fingerprint density at radius 2 is 2.05 bits per heavy atom. The summed E-state index contributed by atoms with van der Waals surface area (Å²) in [7, 11) is 1.57. The molecule has 6 nitrogen and oxygen atoms in total. The molecule has 1 aromatic rings. The van der Waals surface area contributed by atoms with Crippen LogP contribution in [0.3, 0.4) is 0 Å². The highest BCUT2D eigenvalue weighted by molar-refractivity contribution is 5.76. The second-order valence-corrected chi connectivity index (χ2v) is 5.12. The van der Waals surface area contributed by atoms with Gasteiger partial charge in [-0.1, -0.05) is 0 Å². The molecule has 2 N–H and O–H groups in total. The zero-order valence-electron chi connectivity index (χ0n) is 12.3. The predicted molar refractivity (Wildman–Crippen MR) is 73.9 cm³/mol. The second-order valence-electron chi connectivity index (χ2n) is 5.12. The van der Waals surface area contributed by atoms with E-state index in [0.29, 0.717) is 17.1 Å². The highest BCUT2D eigenvalue weighted by Crippen LogP contribution is 2.39. The van der Waals surface area contributed by atoms with Crippen LogP contribution in [0, 0.1) is 0 Å². The molecule has 1 aliphatic rings. The monoisotopic (exact) mass is 316 g/mol. The number of hydrogen-bond donors (Lipinski definition) is 1. The third-order valence-corrected chi connectivity index (χ3v) is 3.10. The van der Waals surface area contributed by atoms with Crippen molar-refractivity contribution in [3.05, 3.63) is 17.7 Å². The van der Waals surface area contributed by atoms with E-state index in [4.69, 9.17) is 15.2 Å². The first-order valence-corrected chi connectivity index (χ1v) is 6.73. The number of halogens is 2. The Kier molecular flexibility index (Phi) is 5.02. The van der Waals surface area contributed by atoms with Crippen molar-refractivity contribution in [3.63, 3.8) is 0 Å². The largest absolute Gasteiger partial charge is 0.454 e. The van der Waals surface area contributed by atoms with E-state index in [-0.39, 0.29) is 37.5 Å². The Morgan fingerprint density at radius 3 is 2.64 bits per heavy atom. The van der Waals surface area contributed by atoms with Crippen LogP contribution in [0.1, 0.15) is 18.9 Å². The van der Waals surface area contributed by atoms with E-state index < -0.39 is 6.61 Å². The fourth-order valence-corrected chi connectivity index (χ4v) is 2.07. The molecule has 1 unspecified atom stereocenters. The second kappa shape index (κ2) is 6.78. The number of ether oxygens (including phenoxy) is 3. The maximum absolute atomic E-state index is 12.5. The molecule has 2 rings (SSSR count). The van der Waals surface area contributed by atoms with Gasteiger partial charge in [0.15, 0.2) is 11.5 Å². The predicted octanol–water partition coefficient (Wildman–Crippen LogP) is 1.71. The number of benzene rings is 1. The van der Waals surface area contributed by atoms with Crippen LogP contribution >= 0.6 is 0 Å². The number of alkyl halides is 2. The molecule has 8 heteroatoms. The molecule has 1 heterocycles. The summed E-state index contributed by atoms with van der Waals surface area (Å²) in [5.41, 5.74) is 5.99. The summed E-state index contributed by atoms with van der Waals surface area (Å²) in [6.07, 6.45) is 0.173. The highest BCUT2D eigenvalue weighted by atomic mass is 19.3. The Labute approximate surface area is 126 Å². The molecule has 0 aliphatic carbocycles. The number of hydrogen-bond acceptors (Lipinski definition) is 5. The molecular weight excluding hydrogens is 298 g/mol. The first kappa shape index (κ1) is 16.3. The third kappa shape index (κ3) is 3.97. The zero-order chi connectivity index (χ0) is 16.3. The van der Waals surface area contributed by atoms with Crippen LogP contribution in [0.5, 0.6) is 17.2 Å². The lowest BCUT2D eigenvalue weighted by Crippen LogP contribution is -2.31. The van der Waals surface area contributed by atoms with Gasteiger partial charge in [0.2, 0.25) is 12.7 Å². The van der Waals surface area contributed by atoms with Gasteiger partial charge >= 0.3 is 6.61 Å². The molecular formula is C14H18F2N2O4. The summed E-state index contributed by atoms with van der Waals surface area (Å²) in [6.45, 7) is -1.13. The third-order valence-electron chi connectivity index (χ3n) is 3.10. The molecule has 1 amide bonds. The quantitative estimate of drug-likeness (QED) is 0.865. The van der Waals surface area contributed by atoms with Gasteiger partial charge in [-0.05, 0) is 13.0 Å². The van der Waals surface area contributed by atoms with Gasteiger partial charge in [-0.2, -0.15) is 8.78 Å². The van der Waals surface area contributed by atoms with Crippen molar-refractivity contribution < 1.29 is 27.8 Å². The van der Waals surface area contributed by atoms with Crippen molar-refractivity contribution in [2.75, 3.05) is 13.8 Å². The number of amides is 1. The van der Waals surface area contributed by atoms with Crippen LogP contribution in [0.15, 0.2) is 12.1 Å². The average molecular weight is 316 g/mol.